The van der Waals surface area contributed by atoms with Gasteiger partial charge in [0, 0.05) is 0 Å². The molecule has 0 saturated carbocycles. The molecule has 0 radical (unpaired) electrons. The molecule has 5 saturated heterocycles. The van der Waals surface area contributed by atoms with Crippen LogP contribution in [0.2, 0.25) is 68.2 Å². The van der Waals surface area contributed by atoms with Crippen LogP contribution in [0.4, 0.5) is 28.4 Å². The maximum Gasteiger partial charge on any atom is 2.00 e. The third-order valence-electron chi connectivity index (χ3n) is 20.2. The van der Waals surface area contributed by atoms with E-state index in [1.54, 1.807) is 0 Å². The Labute approximate surface area is 689 Å². The topological polar surface area (TPSA) is 48.6 Å². The van der Waals surface area contributed by atoms with Crippen molar-refractivity contribution in [1.82, 2.24) is 47.7 Å². The van der Waals surface area contributed by atoms with Gasteiger partial charge in [0.05, 0.1) is 0 Å². The molecule has 5 aliphatic heterocycles. The van der Waals surface area contributed by atoms with Gasteiger partial charge in [-0.25, -0.2) is 33.3 Å². The zero-order valence-electron chi connectivity index (χ0n) is 65.2. The van der Waals surface area contributed by atoms with E-state index in [1.165, 1.54) is 64.2 Å². The summed E-state index contributed by atoms with van der Waals surface area (Å²) in [4.78, 5) is 22.9. The van der Waals surface area contributed by atoms with Crippen molar-refractivity contribution in [2.45, 2.75) is 180 Å². The van der Waals surface area contributed by atoms with Crippen LogP contribution in [0.15, 0.2) is 121 Å². The van der Waals surface area contributed by atoms with E-state index in [2.05, 4.69) is 341 Å². The second kappa shape index (κ2) is 51.0. The number of anilines is 5. The Hall–Kier alpha value is -1.47. The molecule has 0 amide bonds. The first-order valence-electron chi connectivity index (χ1n) is 36.5. The minimum absolute atomic E-state index is 0. The summed E-state index contributed by atoms with van der Waals surface area (Å²) in [6.45, 7) is 55.8. The van der Waals surface area contributed by atoms with Crippen LogP contribution >= 0.6 is 0 Å². The summed E-state index contributed by atoms with van der Waals surface area (Å²) in [5.74, 6) is 0. The summed E-state index contributed by atoms with van der Waals surface area (Å²) in [5, 5.41) is 0. The molecule has 0 aliphatic carbocycles. The first-order chi connectivity index (χ1) is 46.1. The Morgan fingerprint density at radius 2 is 0.525 bits per heavy atom. The second-order valence-electron chi connectivity index (χ2n) is 27.1. The smallest absolute Gasteiger partial charge is 0.562 e. The van der Waals surface area contributed by atoms with Gasteiger partial charge < -0.3 is 71.7 Å². The zero-order valence-corrected chi connectivity index (χ0v) is 77.9. The Kier molecular flexibility index (Phi) is 49.3. The van der Waals surface area contributed by atoms with E-state index in [-0.39, 0.29) is 99.0 Å². The van der Waals surface area contributed by atoms with E-state index in [0.717, 1.165) is 54.6 Å². The van der Waals surface area contributed by atoms with Gasteiger partial charge in [-0.3, -0.25) is 0 Å². The average Bonchev–Trinajstić information content (AvgIpc) is 0.818. The van der Waals surface area contributed by atoms with Crippen LogP contribution in [0.5, 0.6) is 0 Å². The van der Waals surface area contributed by atoms with Crippen LogP contribution in [-0.4, -0.2) is 185 Å². The summed E-state index contributed by atoms with van der Waals surface area (Å²) >= 11 is 0. The quantitative estimate of drug-likeness (QED) is 0.0422. The predicted molar refractivity (Wildman–Crippen MR) is 428 cm³/mol. The molecule has 5 aromatic carbocycles. The molecule has 5 heterocycles. The molecule has 0 aromatic heterocycles. The molecule has 15 nitrogen and oxygen atoms in total. The average molecular weight is 2240 g/mol. The number of hydrogen-bond donors (Lipinski definition) is 0. The van der Waals surface area contributed by atoms with Crippen molar-refractivity contribution in [3.05, 3.63) is 185 Å². The van der Waals surface area contributed by atoms with Crippen molar-refractivity contribution < 1.29 is 99.0 Å². The van der Waals surface area contributed by atoms with E-state index < -0.39 is 0 Å². The molecule has 0 bridgehead atoms. The van der Waals surface area contributed by atoms with Crippen LogP contribution in [0.3, 0.4) is 0 Å². The van der Waals surface area contributed by atoms with Crippen molar-refractivity contribution in [3.63, 3.8) is 0 Å². The minimum atomic E-state index is 0. The first kappa shape index (κ1) is 97.5. The van der Waals surface area contributed by atoms with E-state index >= 15 is 0 Å². The Morgan fingerprint density at radius 1 is 0.287 bits per heavy atom. The van der Waals surface area contributed by atoms with Crippen LogP contribution < -0.4 is 24.1 Å². The second-order valence-corrected chi connectivity index (χ2v) is 27.1. The van der Waals surface area contributed by atoms with Crippen molar-refractivity contribution in [3.8, 4) is 0 Å². The summed E-state index contributed by atoms with van der Waals surface area (Å²) in [5.41, 5.74) is 5.66. The molecular formula is C71H117B10N15Os5. The van der Waals surface area contributed by atoms with Gasteiger partial charge in [0.1, 0.15) is 0 Å². The molecule has 5 aromatic rings. The molecule has 0 unspecified atom stereocenters. The van der Waals surface area contributed by atoms with E-state index in [4.69, 9.17) is 0 Å². The maximum absolute atomic E-state index is 3.34. The number of benzene rings is 5. The molecule has 0 N–H and O–H groups in total. The fourth-order valence-corrected chi connectivity index (χ4v) is 13.7. The minimum Gasteiger partial charge on any atom is -0.562 e. The van der Waals surface area contributed by atoms with E-state index in [0.29, 0.717) is 75.9 Å². The van der Waals surface area contributed by atoms with Crippen molar-refractivity contribution >= 4 is 98.3 Å². The first-order valence-corrected chi connectivity index (χ1v) is 36.5. The van der Waals surface area contributed by atoms with E-state index in [1.807, 2.05) is 60.7 Å². The van der Waals surface area contributed by atoms with Gasteiger partial charge in [-0.15, -0.1) is 28.4 Å². The fourth-order valence-electron chi connectivity index (χ4n) is 13.7. The number of hydrogen-bond acceptors (Lipinski definition) is 15. The Morgan fingerprint density at radius 3 is 0.772 bits per heavy atom. The standard InChI is InChI=1S/C16H27B2N3.C15H25B2N3.C14H23B2N3.2C13H21B2N3.5Os/c1-5-6-7-11-14-21-17(2)19(4)15-20(18(21)3)16-12-9-8-10-13-16;1-5-6-10-13-20-16(2)18(4)14-19(17(20)3)15-11-8-7-9-12-15;1-5-6-12-19-15(2)17(4)13-18(16(19)3)14-10-8-7-9-11-14;1-12(2)18-14(3)16(5)11-17(15(18)4)13-9-7-6-8-10-13;1-5-11-18-14(2)16(4)12-17(15(18)3)13-9-7-6-8-10-13;;;;;/h8-10,12,15H,5-7,11,14H2,1-4H3;7-9,11,14H,5-6,10,13H2,1-4H3;7-10,13H,5-6,12H2,1-4H3;6-9,11-12H,1-5H3;6-9,12H,5,11H2,1-4H3;;;;;/q5*-2;5*+2. The number of nitrogens with zero attached hydrogens (tertiary/aromatic N) is 15. The summed E-state index contributed by atoms with van der Waals surface area (Å²) in [7, 11) is 10.7. The third kappa shape index (κ3) is 28.2. The monoisotopic (exact) mass is 2250 g/mol. The van der Waals surface area contributed by atoms with Crippen LogP contribution in [0.1, 0.15) is 106 Å². The van der Waals surface area contributed by atoms with Gasteiger partial charge in [-0.05, 0) is 93.1 Å². The molecule has 0 atom stereocenters. The summed E-state index contributed by atoms with van der Waals surface area (Å²) in [6, 6.07) is 58.0. The van der Waals surface area contributed by atoms with Gasteiger partial charge in [-0.1, -0.05) is 148 Å². The molecule has 5 fully saturated rings. The normalized spacial score (nSPS) is 17.3. The predicted octanol–water partition coefficient (Wildman–Crippen LogP) is 13.9. The molecular weight excluding hydrogens is 2120 g/mol. The maximum atomic E-state index is 3.34. The Bertz CT molecular complexity index is 2880. The number of rotatable bonds is 20. The summed E-state index contributed by atoms with van der Waals surface area (Å²) < 4.78 is 12.7. The van der Waals surface area contributed by atoms with Gasteiger partial charge in [0.25, 0.3) is 69.8 Å². The van der Waals surface area contributed by atoms with Crippen LogP contribution in [0.25, 0.3) is 0 Å². The zero-order chi connectivity index (χ0) is 70.0. The molecule has 5 aliphatic rings. The summed E-state index contributed by atoms with van der Waals surface area (Å²) in [6.07, 6.45) is 12.8. The van der Waals surface area contributed by atoms with Crippen molar-refractivity contribution in [1.29, 1.82) is 0 Å². The van der Waals surface area contributed by atoms with Gasteiger partial charge in [0.15, 0.2) is 0 Å². The molecule has 30 heteroatoms. The SMILES string of the molecule is CB1N(C)[CH-]N(c2[c-]cccc2)B(C)N1C(C)C.CCCCCCN1B(C)N(C)[CH-]N(c2[c-]cccc2)B1C.CCCCCN1B(C)N(C)[CH-]N(c2[c-]cccc2)B1C.CCCCN1B(C)N(C)[CH-]N(c2[c-]cccc2)B1C.CCCN1B(C)N(C)[CH-]N(c2[c-]cccc2)B1C.[Os+2].[Os+2].[Os+2].[Os+2].[Os+2]. The van der Waals surface area contributed by atoms with Gasteiger partial charge in [-0.2, -0.15) is 152 Å². The molecule has 0 spiro atoms. The molecule has 101 heavy (non-hydrogen) atoms. The molecule has 10 rings (SSSR count). The van der Waals surface area contributed by atoms with Crippen molar-refractivity contribution in [2.24, 2.45) is 0 Å². The molecule has 546 valence electrons. The van der Waals surface area contributed by atoms with Crippen LogP contribution in [-0.2, 0) is 99.0 Å². The fraction of sp³-hybridized carbons (Fsp3) is 0.507. The van der Waals surface area contributed by atoms with E-state index in [9.17, 15) is 0 Å². The van der Waals surface area contributed by atoms with Gasteiger partial charge in [0.2, 0.25) is 0 Å². The van der Waals surface area contributed by atoms with Crippen molar-refractivity contribution in [2.75, 3.05) is 85.5 Å². The number of unbranched alkanes of at least 4 members (excludes halogenated alkanes) is 6. The Balaban J connectivity index is 0.000000624. The largest absolute Gasteiger partial charge is 2.00 e. The number of para-hydroxylation sites is 5. The third-order valence-corrected chi connectivity index (χ3v) is 20.2. The van der Waals surface area contributed by atoms with Gasteiger partial charge >= 0.3 is 99.0 Å². The van der Waals surface area contributed by atoms with Crippen LogP contribution in [0, 0.1) is 63.7 Å².